The summed E-state index contributed by atoms with van der Waals surface area (Å²) in [7, 11) is -5.52. The number of hydrogen-bond acceptors (Lipinski definition) is 10. The van der Waals surface area contributed by atoms with E-state index in [2.05, 4.69) is 92.1 Å². The Hall–Kier alpha value is -1.51. The van der Waals surface area contributed by atoms with Gasteiger partial charge in [-0.15, -0.1) is 9.05 Å². The third-order valence-corrected chi connectivity index (χ3v) is 8.66. The molecule has 0 saturated carbocycles. The van der Waals surface area contributed by atoms with Gasteiger partial charge in [-0.2, -0.15) is 0 Å². The van der Waals surface area contributed by atoms with Gasteiger partial charge < -0.3 is 29.5 Å². The molecule has 0 saturated heterocycles. The van der Waals surface area contributed by atoms with Crippen molar-refractivity contribution in [3.05, 3.63) is 57.6 Å². The Bertz CT molecular complexity index is 1210. The average Bonchev–Trinajstić information content (AvgIpc) is 2.95. The van der Waals surface area contributed by atoms with Gasteiger partial charge in [0.1, 0.15) is 24.7 Å². The third-order valence-electron chi connectivity index (χ3n) is 7.87. The first-order valence-corrected chi connectivity index (χ1v) is 19.5. The Morgan fingerprint density at radius 1 is 0.510 bits per heavy atom. The first-order valence-electron chi connectivity index (χ1n) is 17.3. The van der Waals surface area contributed by atoms with Crippen LogP contribution in [0.5, 0.6) is 11.5 Å². The minimum atomic E-state index is -2.76. The Balaban J connectivity index is 0.000000962. The van der Waals surface area contributed by atoms with Crippen LogP contribution in [0.4, 0.5) is 0 Å². The summed E-state index contributed by atoms with van der Waals surface area (Å²) in [5, 5.41) is 21.4. The molecule has 0 radical (unpaired) electrons. The molecule has 0 aromatic heterocycles. The number of unbranched alkanes of at least 4 members (excludes halogenated alkanes) is 2. The molecule has 2 atom stereocenters. The third kappa shape index (κ3) is 18.9. The minimum Gasteiger partial charge on any atom is -0.566 e. The van der Waals surface area contributed by atoms with E-state index in [0.717, 1.165) is 46.2 Å². The Morgan fingerprint density at radius 2 is 0.745 bits per heavy atom. The van der Waals surface area contributed by atoms with E-state index in [0.29, 0.717) is 50.8 Å². The fraction of sp³-hybridized carbons (Fsp3) is 0.684. The number of aromatic hydroxyl groups is 2. The van der Waals surface area contributed by atoms with E-state index in [1.54, 1.807) is 0 Å². The fourth-order valence-electron chi connectivity index (χ4n) is 5.11. The van der Waals surface area contributed by atoms with Gasteiger partial charge in [-0.05, 0) is 114 Å². The van der Waals surface area contributed by atoms with Crippen molar-refractivity contribution in [2.45, 2.75) is 144 Å². The van der Waals surface area contributed by atoms with Gasteiger partial charge in [0.2, 0.25) is 0 Å². The zero-order chi connectivity index (χ0) is 38.5. The molecule has 0 aliphatic rings. The molecule has 0 heterocycles. The summed E-state index contributed by atoms with van der Waals surface area (Å²) >= 11 is 0. The van der Waals surface area contributed by atoms with Crippen molar-refractivity contribution in [3.8, 4) is 11.5 Å². The van der Waals surface area contributed by atoms with Crippen molar-refractivity contribution in [2.75, 3.05) is 26.4 Å². The predicted molar refractivity (Wildman–Crippen MR) is 196 cm³/mol. The Morgan fingerprint density at radius 3 is 0.961 bits per heavy atom. The quantitative estimate of drug-likeness (QED) is 0.0957. The summed E-state index contributed by atoms with van der Waals surface area (Å²) in [5.74, 6) is 0.736. The van der Waals surface area contributed by atoms with Crippen LogP contribution in [0.15, 0.2) is 24.3 Å². The number of benzene rings is 2. The van der Waals surface area contributed by atoms with Crippen LogP contribution < -0.4 is 9.79 Å². The van der Waals surface area contributed by atoms with E-state index in [1.165, 1.54) is 0 Å². The first kappa shape index (κ1) is 49.5. The molecule has 2 N–H and O–H groups in total. The van der Waals surface area contributed by atoms with Crippen molar-refractivity contribution in [1.29, 1.82) is 0 Å². The zero-order valence-corrected chi connectivity index (χ0v) is 35.5. The van der Waals surface area contributed by atoms with Gasteiger partial charge in [-0.25, -0.2) is 0 Å². The Labute approximate surface area is 318 Å². The van der Waals surface area contributed by atoms with Crippen molar-refractivity contribution in [2.24, 2.45) is 0 Å². The SMILES string of the molecule is CC(C)(C)c1cc(COCCCCO[P+](=O)[O-])cc(C(C)(C)C)c1O.CC(C)(C)c1cc(COCCCCO[P+](=O)[O-])cc(C(C)(C)C)c1O.[Ni+2]. The van der Waals surface area contributed by atoms with Crippen molar-refractivity contribution >= 4 is 16.5 Å². The number of phenolic OH excluding ortho intramolecular Hbond substituents is 2. The van der Waals surface area contributed by atoms with E-state index < -0.39 is 16.5 Å². The number of rotatable bonds is 16. The van der Waals surface area contributed by atoms with Gasteiger partial charge in [0.25, 0.3) is 0 Å². The monoisotopic (exact) mass is 798 g/mol. The first-order chi connectivity index (χ1) is 22.9. The molecule has 13 heteroatoms. The molecule has 0 aliphatic carbocycles. The van der Waals surface area contributed by atoms with Crippen molar-refractivity contribution < 1.29 is 64.1 Å². The summed E-state index contributed by atoms with van der Waals surface area (Å²) in [5.41, 5.74) is 5.12. The van der Waals surface area contributed by atoms with E-state index >= 15 is 0 Å². The van der Waals surface area contributed by atoms with Gasteiger partial charge >= 0.3 is 33.0 Å². The van der Waals surface area contributed by atoms with Crippen LogP contribution in [0.1, 0.15) is 142 Å². The minimum absolute atomic E-state index is 0. The van der Waals surface area contributed by atoms with Crippen LogP contribution in [-0.2, 0) is 79.0 Å². The van der Waals surface area contributed by atoms with Crippen LogP contribution in [0.3, 0.4) is 0 Å². The van der Waals surface area contributed by atoms with Gasteiger partial charge in [0.15, 0.2) is 0 Å². The molecule has 0 spiro atoms. The smallest absolute Gasteiger partial charge is 0.566 e. The summed E-state index contributed by atoms with van der Waals surface area (Å²) in [6.45, 7) is 27.4. The van der Waals surface area contributed by atoms with Crippen molar-refractivity contribution in [3.63, 3.8) is 0 Å². The van der Waals surface area contributed by atoms with Gasteiger partial charge in [-0.1, -0.05) is 83.1 Å². The molecule has 0 bridgehead atoms. The maximum atomic E-state index is 10.7. The summed E-state index contributed by atoms with van der Waals surface area (Å²) in [6, 6.07) is 8.04. The number of ether oxygens (including phenoxy) is 2. The molecule has 51 heavy (non-hydrogen) atoms. The molecule has 2 aromatic rings. The van der Waals surface area contributed by atoms with E-state index in [4.69, 9.17) is 9.47 Å². The fourth-order valence-corrected chi connectivity index (χ4v) is 5.67. The Kier molecular flexibility index (Phi) is 21.4. The van der Waals surface area contributed by atoms with Gasteiger partial charge in [-0.3, -0.25) is 0 Å². The van der Waals surface area contributed by atoms with Crippen LogP contribution in [0.2, 0.25) is 0 Å². The normalized spacial score (nSPS) is 12.9. The number of hydrogen-bond donors (Lipinski definition) is 2. The summed E-state index contributed by atoms with van der Waals surface area (Å²) in [6.07, 6.45) is 2.75. The van der Waals surface area contributed by atoms with Crippen LogP contribution >= 0.6 is 16.5 Å². The molecule has 292 valence electrons. The molecular weight excluding hydrogens is 737 g/mol. The molecule has 2 unspecified atom stereocenters. The van der Waals surface area contributed by atoms with E-state index in [9.17, 15) is 29.1 Å². The molecule has 0 amide bonds. The predicted octanol–water partition coefficient (Wildman–Crippen LogP) is 8.63. The topological polar surface area (TPSA) is 158 Å². The second-order valence-corrected chi connectivity index (χ2v) is 18.1. The molecule has 2 aromatic carbocycles. The molecule has 2 rings (SSSR count). The molecule has 0 fully saturated rings. The molecule has 10 nitrogen and oxygen atoms in total. The average molecular weight is 800 g/mol. The zero-order valence-electron chi connectivity index (χ0n) is 32.8. The largest absolute Gasteiger partial charge is 2.00 e. The number of phenols is 2. The van der Waals surface area contributed by atoms with Crippen molar-refractivity contribution in [1.82, 2.24) is 0 Å². The summed E-state index contributed by atoms with van der Waals surface area (Å²) < 4.78 is 41.0. The van der Waals surface area contributed by atoms with E-state index in [-0.39, 0.29) is 51.4 Å². The van der Waals surface area contributed by atoms with Crippen LogP contribution in [0.25, 0.3) is 0 Å². The van der Waals surface area contributed by atoms with Gasteiger partial charge in [0, 0.05) is 13.2 Å². The maximum Gasteiger partial charge on any atom is 2.00 e. The molecule has 0 aliphatic heterocycles. The maximum absolute atomic E-state index is 10.7. The standard InChI is InChI=1S/2C19H31O5P.Ni/c2*1-18(2,3)15-11-14(12-16(17(15)20)19(4,5)6)13-23-9-7-8-10-24-25(21)22;/h2*11-12,20H,7-10,13H2,1-6H3;/q;;+2. The second-order valence-electron chi connectivity index (χ2n) is 16.7. The molecular formula is C38H62NiO10P2+2. The summed E-state index contributed by atoms with van der Waals surface area (Å²) in [4.78, 5) is 20.6. The van der Waals surface area contributed by atoms with Crippen LogP contribution in [-0.4, -0.2) is 36.6 Å². The second kappa shape index (κ2) is 22.0. The van der Waals surface area contributed by atoms with Gasteiger partial charge in [0.05, 0.1) is 13.2 Å². The van der Waals surface area contributed by atoms with E-state index in [1.807, 2.05) is 24.3 Å². The van der Waals surface area contributed by atoms with Crippen LogP contribution in [0, 0.1) is 0 Å².